The third-order valence-electron chi connectivity index (χ3n) is 3.86. The van der Waals surface area contributed by atoms with Gasteiger partial charge in [0.2, 0.25) is 0 Å². The van der Waals surface area contributed by atoms with Crippen LogP contribution in [0.25, 0.3) is 0 Å². The van der Waals surface area contributed by atoms with Crippen LogP contribution in [-0.4, -0.2) is 0 Å². The van der Waals surface area contributed by atoms with Gasteiger partial charge in [-0.1, -0.05) is 69.3 Å². The minimum Gasteiger partial charge on any atom is -0.324 e. The van der Waals surface area contributed by atoms with Gasteiger partial charge >= 0.3 is 0 Å². The number of benzene rings is 2. The summed E-state index contributed by atoms with van der Waals surface area (Å²) in [4.78, 5) is 0. The third-order valence-corrected chi connectivity index (χ3v) is 3.86. The van der Waals surface area contributed by atoms with Gasteiger partial charge in [0.15, 0.2) is 0 Å². The minimum absolute atomic E-state index is 0.0664. The van der Waals surface area contributed by atoms with Gasteiger partial charge < -0.3 is 5.73 Å². The van der Waals surface area contributed by atoms with Crippen molar-refractivity contribution in [2.75, 3.05) is 0 Å². The third kappa shape index (κ3) is 3.49. The molecule has 2 N–H and O–H groups in total. The van der Waals surface area contributed by atoms with E-state index in [1.54, 1.807) is 0 Å². The molecule has 1 nitrogen and oxygen atoms in total. The van der Waals surface area contributed by atoms with Gasteiger partial charge in [-0.2, -0.15) is 0 Å². The molecule has 1 atom stereocenters. The Kier molecular flexibility index (Phi) is 4.29. The monoisotopic (exact) mass is 267 g/mol. The van der Waals surface area contributed by atoms with E-state index >= 15 is 0 Å². The fourth-order valence-electron chi connectivity index (χ4n) is 2.51. The second kappa shape index (κ2) is 5.80. The van der Waals surface area contributed by atoms with E-state index in [0.29, 0.717) is 0 Å². The molecule has 0 heterocycles. The number of nitrogens with two attached hydrogens (primary N) is 1. The van der Waals surface area contributed by atoms with Crippen LogP contribution in [0.15, 0.2) is 48.5 Å². The Morgan fingerprint density at radius 1 is 0.950 bits per heavy atom. The molecule has 0 bridgehead atoms. The van der Waals surface area contributed by atoms with Gasteiger partial charge in [0, 0.05) is 6.04 Å². The van der Waals surface area contributed by atoms with Crippen molar-refractivity contribution in [3.05, 3.63) is 70.8 Å². The summed E-state index contributed by atoms with van der Waals surface area (Å²) < 4.78 is 0. The van der Waals surface area contributed by atoms with E-state index < -0.39 is 0 Å². The smallest absolute Gasteiger partial charge is 0.0338 e. The fraction of sp³-hybridized carbons (Fsp3) is 0.368. The Bertz CT molecular complexity index is 561. The Morgan fingerprint density at radius 3 is 2.10 bits per heavy atom. The summed E-state index contributed by atoms with van der Waals surface area (Å²) in [5, 5.41) is 0. The van der Waals surface area contributed by atoms with Crippen molar-refractivity contribution in [2.24, 2.45) is 5.73 Å². The van der Waals surface area contributed by atoms with Gasteiger partial charge in [-0.25, -0.2) is 0 Å². The van der Waals surface area contributed by atoms with E-state index in [2.05, 4.69) is 76.2 Å². The summed E-state index contributed by atoms with van der Waals surface area (Å²) in [5.41, 5.74) is 11.7. The second-order valence-corrected chi connectivity index (χ2v) is 6.61. The molecule has 106 valence electrons. The molecule has 0 saturated heterocycles. The van der Waals surface area contributed by atoms with Gasteiger partial charge in [-0.3, -0.25) is 0 Å². The molecule has 0 aromatic heterocycles. The summed E-state index contributed by atoms with van der Waals surface area (Å²) in [6.07, 6.45) is 0.884. The number of rotatable bonds is 3. The predicted molar refractivity (Wildman–Crippen MR) is 87.0 cm³/mol. The van der Waals surface area contributed by atoms with Gasteiger partial charge in [0.05, 0.1) is 0 Å². The van der Waals surface area contributed by atoms with Crippen molar-refractivity contribution in [1.29, 1.82) is 0 Å². The zero-order valence-electron chi connectivity index (χ0n) is 13.0. The van der Waals surface area contributed by atoms with Crippen molar-refractivity contribution in [3.63, 3.8) is 0 Å². The zero-order chi connectivity index (χ0) is 14.8. The highest BCUT2D eigenvalue weighted by Crippen LogP contribution is 2.24. The zero-order valence-corrected chi connectivity index (χ0v) is 13.0. The highest BCUT2D eigenvalue weighted by molar-refractivity contribution is 5.32. The average Bonchev–Trinajstić information content (AvgIpc) is 2.38. The lowest BCUT2D eigenvalue weighted by Crippen LogP contribution is -2.15. The highest BCUT2D eigenvalue weighted by atomic mass is 14.6. The van der Waals surface area contributed by atoms with Crippen LogP contribution >= 0.6 is 0 Å². The van der Waals surface area contributed by atoms with Gasteiger partial charge in [0.25, 0.3) is 0 Å². The van der Waals surface area contributed by atoms with Crippen molar-refractivity contribution in [3.8, 4) is 0 Å². The lowest BCUT2D eigenvalue weighted by atomic mass is 9.86. The van der Waals surface area contributed by atoms with Crippen molar-refractivity contribution in [1.82, 2.24) is 0 Å². The highest BCUT2D eigenvalue weighted by Gasteiger charge is 2.14. The average molecular weight is 267 g/mol. The molecular weight excluding hydrogens is 242 g/mol. The number of aryl methyl sites for hydroxylation is 1. The summed E-state index contributed by atoms with van der Waals surface area (Å²) >= 11 is 0. The SMILES string of the molecule is Cc1ccccc1C(N)Cc1ccc(C(C)(C)C)cc1. The van der Waals surface area contributed by atoms with Crippen LogP contribution in [0.4, 0.5) is 0 Å². The van der Waals surface area contributed by atoms with E-state index in [4.69, 9.17) is 5.73 Å². The summed E-state index contributed by atoms with van der Waals surface area (Å²) in [6, 6.07) is 17.3. The van der Waals surface area contributed by atoms with Gasteiger partial charge in [0.1, 0.15) is 0 Å². The van der Waals surface area contributed by atoms with Crippen molar-refractivity contribution >= 4 is 0 Å². The molecule has 2 rings (SSSR count). The Hall–Kier alpha value is -1.60. The molecule has 1 heteroatoms. The molecule has 0 aliphatic heterocycles. The molecule has 0 aliphatic carbocycles. The molecule has 0 radical (unpaired) electrons. The molecule has 0 fully saturated rings. The predicted octanol–water partition coefficient (Wildman–Crippen LogP) is 4.54. The number of hydrogen-bond donors (Lipinski definition) is 1. The molecule has 1 unspecified atom stereocenters. The summed E-state index contributed by atoms with van der Waals surface area (Å²) in [6.45, 7) is 8.83. The Morgan fingerprint density at radius 2 is 1.55 bits per heavy atom. The van der Waals surface area contributed by atoms with Crippen molar-refractivity contribution < 1.29 is 0 Å². The molecule has 0 spiro atoms. The van der Waals surface area contributed by atoms with E-state index in [0.717, 1.165) is 6.42 Å². The van der Waals surface area contributed by atoms with Crippen LogP contribution in [0.3, 0.4) is 0 Å². The maximum absolute atomic E-state index is 6.35. The topological polar surface area (TPSA) is 26.0 Å². The van der Waals surface area contributed by atoms with Crippen LogP contribution in [-0.2, 0) is 11.8 Å². The normalized spacial score (nSPS) is 13.2. The number of hydrogen-bond acceptors (Lipinski definition) is 1. The standard InChI is InChI=1S/C19H25N/c1-14-7-5-6-8-17(14)18(20)13-15-9-11-16(12-10-15)19(2,3)4/h5-12,18H,13,20H2,1-4H3. The Labute approximate surface area is 122 Å². The lowest BCUT2D eigenvalue weighted by Gasteiger charge is -2.20. The van der Waals surface area contributed by atoms with E-state index in [9.17, 15) is 0 Å². The van der Waals surface area contributed by atoms with Gasteiger partial charge in [-0.05, 0) is 41.0 Å². The molecule has 2 aromatic rings. The molecular formula is C19H25N. The molecule has 0 saturated carbocycles. The van der Waals surface area contributed by atoms with Crippen molar-refractivity contribution in [2.45, 2.75) is 45.6 Å². The maximum Gasteiger partial charge on any atom is 0.0338 e. The maximum atomic E-state index is 6.35. The summed E-state index contributed by atoms with van der Waals surface area (Å²) in [5.74, 6) is 0. The molecule has 0 aliphatic rings. The Balaban J connectivity index is 2.13. The van der Waals surface area contributed by atoms with Crippen LogP contribution < -0.4 is 5.73 Å². The van der Waals surface area contributed by atoms with E-state index in [-0.39, 0.29) is 11.5 Å². The quantitative estimate of drug-likeness (QED) is 0.868. The first-order valence-electron chi connectivity index (χ1n) is 7.28. The van der Waals surface area contributed by atoms with Crippen LogP contribution in [0.1, 0.15) is 49.1 Å². The molecule has 2 aromatic carbocycles. The second-order valence-electron chi connectivity index (χ2n) is 6.61. The molecule has 0 amide bonds. The van der Waals surface area contributed by atoms with E-state index in [1.807, 2.05) is 0 Å². The largest absolute Gasteiger partial charge is 0.324 e. The van der Waals surface area contributed by atoms with Crippen LogP contribution in [0.2, 0.25) is 0 Å². The van der Waals surface area contributed by atoms with Crippen LogP contribution in [0, 0.1) is 6.92 Å². The first-order chi connectivity index (χ1) is 9.38. The summed E-state index contributed by atoms with van der Waals surface area (Å²) in [7, 11) is 0. The first kappa shape index (κ1) is 14.8. The first-order valence-corrected chi connectivity index (χ1v) is 7.28. The molecule has 20 heavy (non-hydrogen) atoms. The lowest BCUT2D eigenvalue weighted by molar-refractivity contribution is 0.589. The van der Waals surface area contributed by atoms with Crippen LogP contribution in [0.5, 0.6) is 0 Å². The van der Waals surface area contributed by atoms with Gasteiger partial charge in [-0.15, -0.1) is 0 Å². The minimum atomic E-state index is 0.0664. The fourth-order valence-corrected chi connectivity index (χ4v) is 2.51. The van der Waals surface area contributed by atoms with E-state index in [1.165, 1.54) is 22.3 Å².